The highest BCUT2D eigenvalue weighted by Gasteiger charge is 2.25. The van der Waals surface area contributed by atoms with Gasteiger partial charge in [-0.3, -0.25) is 4.79 Å². The van der Waals surface area contributed by atoms with Crippen molar-refractivity contribution in [1.82, 2.24) is 0 Å². The molecular weight excluding hydrogens is 196 g/mol. The predicted molar refractivity (Wildman–Crippen MR) is 66.6 cm³/mol. The molecule has 1 aliphatic carbocycles. The fourth-order valence-corrected chi connectivity index (χ4v) is 2.32. The summed E-state index contributed by atoms with van der Waals surface area (Å²) in [7, 11) is 0. The molecule has 0 saturated carbocycles. The van der Waals surface area contributed by atoms with E-state index in [4.69, 9.17) is 0 Å². The molecule has 1 aliphatic rings. The van der Waals surface area contributed by atoms with Crippen LogP contribution in [0.1, 0.15) is 43.7 Å². The van der Waals surface area contributed by atoms with Crippen LogP contribution in [0.5, 0.6) is 0 Å². The van der Waals surface area contributed by atoms with Crippen molar-refractivity contribution in [3.8, 4) is 0 Å². The second-order valence-corrected chi connectivity index (χ2v) is 4.73. The molecule has 16 heavy (non-hydrogen) atoms. The zero-order valence-corrected chi connectivity index (χ0v) is 9.99. The summed E-state index contributed by atoms with van der Waals surface area (Å²) in [5.41, 5.74) is 3.89. The second-order valence-electron chi connectivity index (χ2n) is 4.73. The van der Waals surface area contributed by atoms with Gasteiger partial charge in [0.15, 0.2) is 0 Å². The molecule has 1 heteroatoms. The summed E-state index contributed by atoms with van der Waals surface area (Å²) < 4.78 is 0. The fourth-order valence-electron chi connectivity index (χ4n) is 2.32. The predicted octanol–water partition coefficient (Wildman–Crippen LogP) is 3.64. The van der Waals surface area contributed by atoms with Gasteiger partial charge in [-0.1, -0.05) is 35.9 Å². The monoisotopic (exact) mass is 214 g/mol. The van der Waals surface area contributed by atoms with Gasteiger partial charge in [0, 0.05) is 12.3 Å². The van der Waals surface area contributed by atoms with Crippen LogP contribution >= 0.6 is 0 Å². The Balaban J connectivity index is 2.30. The Morgan fingerprint density at radius 2 is 2.06 bits per heavy atom. The molecule has 84 valence electrons. The minimum Gasteiger partial charge on any atom is -0.299 e. The smallest absolute Gasteiger partial charge is 0.140 e. The van der Waals surface area contributed by atoms with E-state index < -0.39 is 0 Å². The summed E-state index contributed by atoms with van der Waals surface area (Å²) in [6.07, 6.45) is 4.65. The standard InChI is InChI=1S/C15H18O/c1-11(2)7-9-14-13-6-4-3-5-12(13)8-10-15(14)16/h3-7,14H,8-10H2,1-2H3. The van der Waals surface area contributed by atoms with Crippen LogP contribution in [0.3, 0.4) is 0 Å². The van der Waals surface area contributed by atoms with Crippen LogP contribution in [0.25, 0.3) is 0 Å². The lowest BCUT2D eigenvalue weighted by Crippen LogP contribution is -2.19. The molecule has 1 aromatic rings. The Labute approximate surface area is 97.2 Å². The lowest BCUT2D eigenvalue weighted by molar-refractivity contribution is -0.120. The van der Waals surface area contributed by atoms with Gasteiger partial charge < -0.3 is 0 Å². The van der Waals surface area contributed by atoms with Gasteiger partial charge in [-0.25, -0.2) is 0 Å². The third-order valence-corrected chi connectivity index (χ3v) is 3.22. The van der Waals surface area contributed by atoms with Gasteiger partial charge in [-0.15, -0.1) is 0 Å². The number of benzene rings is 1. The molecule has 1 atom stereocenters. The van der Waals surface area contributed by atoms with E-state index in [1.165, 1.54) is 16.7 Å². The SMILES string of the molecule is CC(C)=CCC1C(=O)CCc2ccccc21. The molecule has 1 aromatic carbocycles. The number of carbonyl (C=O) groups is 1. The summed E-state index contributed by atoms with van der Waals surface area (Å²) in [4.78, 5) is 11.9. The average molecular weight is 214 g/mol. The van der Waals surface area contributed by atoms with E-state index in [-0.39, 0.29) is 5.92 Å². The van der Waals surface area contributed by atoms with Gasteiger partial charge in [0.05, 0.1) is 0 Å². The van der Waals surface area contributed by atoms with Crippen LogP contribution in [-0.2, 0) is 11.2 Å². The minimum atomic E-state index is 0.0971. The topological polar surface area (TPSA) is 17.1 Å². The number of allylic oxidation sites excluding steroid dienone is 2. The van der Waals surface area contributed by atoms with Crippen molar-refractivity contribution in [1.29, 1.82) is 0 Å². The van der Waals surface area contributed by atoms with Crippen LogP contribution in [0.2, 0.25) is 0 Å². The zero-order valence-electron chi connectivity index (χ0n) is 9.99. The van der Waals surface area contributed by atoms with E-state index in [1.807, 2.05) is 6.07 Å². The molecule has 0 bridgehead atoms. The molecular formula is C15H18O. The Morgan fingerprint density at radius 3 is 2.81 bits per heavy atom. The first-order chi connectivity index (χ1) is 7.68. The summed E-state index contributed by atoms with van der Waals surface area (Å²) >= 11 is 0. The van der Waals surface area contributed by atoms with Gasteiger partial charge in [0.25, 0.3) is 0 Å². The van der Waals surface area contributed by atoms with Crippen molar-refractivity contribution in [2.75, 3.05) is 0 Å². The van der Waals surface area contributed by atoms with Crippen LogP contribution < -0.4 is 0 Å². The molecule has 0 N–H and O–H groups in total. The van der Waals surface area contributed by atoms with E-state index >= 15 is 0 Å². The minimum absolute atomic E-state index is 0.0971. The van der Waals surface area contributed by atoms with Crippen molar-refractivity contribution in [2.45, 2.75) is 39.0 Å². The Morgan fingerprint density at radius 1 is 1.31 bits per heavy atom. The van der Waals surface area contributed by atoms with Gasteiger partial charge in [0.1, 0.15) is 5.78 Å². The van der Waals surface area contributed by atoms with Gasteiger partial charge in [-0.05, 0) is 37.8 Å². The number of fused-ring (bicyclic) bond motifs is 1. The molecule has 0 heterocycles. The maximum Gasteiger partial charge on any atom is 0.140 e. The Hall–Kier alpha value is -1.37. The maximum atomic E-state index is 11.9. The van der Waals surface area contributed by atoms with E-state index in [2.05, 4.69) is 38.1 Å². The number of ketones is 1. The zero-order chi connectivity index (χ0) is 11.5. The summed E-state index contributed by atoms with van der Waals surface area (Å²) in [6.45, 7) is 4.17. The highest BCUT2D eigenvalue weighted by atomic mass is 16.1. The van der Waals surface area contributed by atoms with Gasteiger partial charge >= 0.3 is 0 Å². The largest absolute Gasteiger partial charge is 0.299 e. The molecule has 0 aliphatic heterocycles. The average Bonchev–Trinajstić information content (AvgIpc) is 2.27. The molecule has 1 nitrogen and oxygen atoms in total. The van der Waals surface area contributed by atoms with Crippen LogP contribution in [0.4, 0.5) is 0 Å². The highest BCUT2D eigenvalue weighted by Crippen LogP contribution is 2.31. The van der Waals surface area contributed by atoms with Gasteiger partial charge in [-0.2, -0.15) is 0 Å². The van der Waals surface area contributed by atoms with Crippen LogP contribution in [-0.4, -0.2) is 5.78 Å². The van der Waals surface area contributed by atoms with Crippen LogP contribution in [0.15, 0.2) is 35.9 Å². The maximum absolute atomic E-state index is 11.9. The number of carbonyl (C=O) groups excluding carboxylic acids is 1. The lowest BCUT2D eigenvalue weighted by Gasteiger charge is -2.23. The van der Waals surface area contributed by atoms with Crippen molar-refractivity contribution >= 4 is 5.78 Å². The first-order valence-corrected chi connectivity index (χ1v) is 5.92. The first-order valence-electron chi connectivity index (χ1n) is 5.92. The van der Waals surface area contributed by atoms with Gasteiger partial charge in [0.2, 0.25) is 0 Å². The number of rotatable bonds is 2. The summed E-state index contributed by atoms with van der Waals surface area (Å²) in [6, 6.07) is 8.35. The van der Waals surface area contributed by atoms with Crippen LogP contribution in [0, 0.1) is 0 Å². The van der Waals surface area contributed by atoms with Crippen molar-refractivity contribution in [3.05, 3.63) is 47.0 Å². The lowest BCUT2D eigenvalue weighted by atomic mass is 9.80. The van der Waals surface area contributed by atoms with E-state index in [0.29, 0.717) is 12.2 Å². The Bertz CT molecular complexity index is 425. The third kappa shape index (κ3) is 2.24. The summed E-state index contributed by atoms with van der Waals surface area (Å²) in [5.74, 6) is 0.496. The summed E-state index contributed by atoms with van der Waals surface area (Å²) in [5, 5.41) is 0. The fraction of sp³-hybridized carbons (Fsp3) is 0.400. The molecule has 0 saturated heterocycles. The number of Topliss-reactive ketones (excluding diaryl/α,β-unsaturated/α-hetero) is 1. The normalized spacial score (nSPS) is 19.1. The molecule has 0 radical (unpaired) electrons. The number of aryl methyl sites for hydroxylation is 1. The van der Waals surface area contributed by atoms with Crippen molar-refractivity contribution < 1.29 is 4.79 Å². The molecule has 2 rings (SSSR count). The van der Waals surface area contributed by atoms with E-state index in [1.54, 1.807) is 0 Å². The first kappa shape index (κ1) is 11.1. The molecule has 0 spiro atoms. The number of hydrogen-bond acceptors (Lipinski definition) is 1. The molecule has 0 amide bonds. The molecule has 0 fully saturated rings. The Kier molecular flexibility index (Phi) is 3.23. The van der Waals surface area contributed by atoms with Crippen molar-refractivity contribution in [3.63, 3.8) is 0 Å². The van der Waals surface area contributed by atoms with Crippen molar-refractivity contribution in [2.24, 2.45) is 0 Å². The molecule has 1 unspecified atom stereocenters. The van der Waals surface area contributed by atoms with E-state index in [9.17, 15) is 4.79 Å². The second kappa shape index (κ2) is 4.65. The third-order valence-electron chi connectivity index (χ3n) is 3.22. The highest BCUT2D eigenvalue weighted by molar-refractivity contribution is 5.88. The quantitative estimate of drug-likeness (QED) is 0.687. The molecule has 0 aromatic heterocycles. The number of hydrogen-bond donors (Lipinski definition) is 0. The van der Waals surface area contributed by atoms with E-state index in [0.717, 1.165) is 12.8 Å².